The Morgan fingerprint density at radius 2 is 1.90 bits per heavy atom. The molecule has 4 fully saturated rings. The first kappa shape index (κ1) is 14.8. The van der Waals surface area contributed by atoms with Gasteiger partial charge in [-0.1, -0.05) is 6.92 Å². The lowest BCUT2D eigenvalue weighted by Crippen LogP contribution is -2.50. The molecule has 0 amide bonds. The van der Waals surface area contributed by atoms with Crippen molar-refractivity contribution in [3.05, 3.63) is 0 Å². The molecule has 0 aromatic rings. The molecule has 0 bridgehead atoms. The molecule has 21 heavy (non-hydrogen) atoms. The van der Waals surface area contributed by atoms with Crippen molar-refractivity contribution in [2.75, 3.05) is 24.7 Å². The predicted molar refractivity (Wildman–Crippen MR) is 89.8 cm³/mol. The summed E-state index contributed by atoms with van der Waals surface area (Å²) in [6, 6.07) is 0.776. The van der Waals surface area contributed by atoms with E-state index in [1.54, 1.807) is 6.42 Å². The minimum Gasteiger partial charge on any atom is -0.375 e. The summed E-state index contributed by atoms with van der Waals surface area (Å²) in [5.41, 5.74) is 0.253. The lowest BCUT2D eigenvalue weighted by atomic mass is 9.74. The van der Waals surface area contributed by atoms with Crippen molar-refractivity contribution in [2.45, 2.75) is 63.5 Å². The summed E-state index contributed by atoms with van der Waals surface area (Å²) in [4.78, 5) is 0. The second-order valence-electron chi connectivity index (χ2n) is 7.97. The smallest absolute Gasteiger partial charge is 0.0701 e. The molecule has 0 aromatic carbocycles. The van der Waals surface area contributed by atoms with Crippen molar-refractivity contribution in [3.8, 4) is 0 Å². The van der Waals surface area contributed by atoms with Gasteiger partial charge in [-0.25, -0.2) is 0 Å². The van der Waals surface area contributed by atoms with E-state index in [0.717, 1.165) is 42.9 Å². The van der Waals surface area contributed by atoms with E-state index in [1.165, 1.54) is 50.0 Å². The normalized spacial score (nSPS) is 42.7. The number of nitrogens with one attached hydrogen (secondary N) is 1. The highest BCUT2D eigenvalue weighted by molar-refractivity contribution is 7.99. The molecule has 120 valence electrons. The Hall–Kier alpha value is 0.270. The predicted octanol–water partition coefficient (Wildman–Crippen LogP) is 3.70. The Kier molecular flexibility index (Phi) is 4.27. The van der Waals surface area contributed by atoms with Crippen molar-refractivity contribution in [1.82, 2.24) is 5.32 Å². The quantitative estimate of drug-likeness (QED) is 0.855. The molecular formula is C18H31NOS. The van der Waals surface area contributed by atoms with Gasteiger partial charge in [0, 0.05) is 12.6 Å². The summed E-state index contributed by atoms with van der Waals surface area (Å²) >= 11 is 2.12. The van der Waals surface area contributed by atoms with E-state index in [4.69, 9.17) is 4.74 Å². The van der Waals surface area contributed by atoms with Crippen LogP contribution < -0.4 is 5.32 Å². The van der Waals surface area contributed by atoms with Crippen molar-refractivity contribution < 1.29 is 4.74 Å². The lowest BCUT2D eigenvalue weighted by molar-refractivity contribution is -0.110. The molecule has 2 heterocycles. The summed E-state index contributed by atoms with van der Waals surface area (Å²) < 4.78 is 6.32. The number of rotatable bonds is 4. The van der Waals surface area contributed by atoms with E-state index in [0.29, 0.717) is 0 Å². The zero-order valence-corrected chi connectivity index (χ0v) is 14.3. The summed E-state index contributed by atoms with van der Waals surface area (Å²) in [5.74, 6) is 6.67. The molecule has 4 atom stereocenters. The van der Waals surface area contributed by atoms with Crippen LogP contribution >= 0.6 is 11.8 Å². The fourth-order valence-corrected chi connectivity index (χ4v) is 6.71. The van der Waals surface area contributed by atoms with Gasteiger partial charge >= 0.3 is 0 Å². The van der Waals surface area contributed by atoms with Gasteiger partial charge in [-0.05, 0) is 86.7 Å². The maximum Gasteiger partial charge on any atom is 0.0701 e. The molecule has 4 rings (SSSR count). The second-order valence-corrected chi connectivity index (χ2v) is 9.19. The maximum atomic E-state index is 6.32. The minimum atomic E-state index is 0.253. The average molecular weight is 310 g/mol. The van der Waals surface area contributed by atoms with Gasteiger partial charge in [-0.15, -0.1) is 0 Å². The largest absolute Gasteiger partial charge is 0.375 e. The van der Waals surface area contributed by atoms with Gasteiger partial charge in [0.05, 0.1) is 5.60 Å². The molecule has 2 aliphatic carbocycles. The summed E-state index contributed by atoms with van der Waals surface area (Å²) in [6.07, 6.45) is 9.79. The molecule has 1 spiro atoms. The molecule has 1 N–H and O–H groups in total. The van der Waals surface area contributed by atoms with Crippen LogP contribution in [0.2, 0.25) is 0 Å². The van der Waals surface area contributed by atoms with Gasteiger partial charge in [0.25, 0.3) is 0 Å². The van der Waals surface area contributed by atoms with Crippen LogP contribution in [0.25, 0.3) is 0 Å². The van der Waals surface area contributed by atoms with E-state index in [2.05, 4.69) is 24.0 Å². The molecule has 2 nitrogen and oxygen atoms in total. The standard InChI is InChI=1S/C18H31NOS/c1-2-19-17(16-10-14-9-15(14)11-16)13-3-6-20-18(12-13)4-7-21-8-5-18/h13-17,19H,2-12H2,1H3. The van der Waals surface area contributed by atoms with E-state index in [1.807, 2.05) is 0 Å². The number of hydrogen-bond acceptors (Lipinski definition) is 3. The molecule has 0 radical (unpaired) electrons. The van der Waals surface area contributed by atoms with Crippen molar-refractivity contribution >= 4 is 11.8 Å². The molecular weight excluding hydrogens is 278 g/mol. The van der Waals surface area contributed by atoms with Gasteiger partial charge in [-0.3, -0.25) is 0 Å². The maximum absolute atomic E-state index is 6.32. The Labute approximate surface area is 134 Å². The van der Waals surface area contributed by atoms with E-state index < -0.39 is 0 Å². The van der Waals surface area contributed by atoms with Gasteiger partial charge in [0.1, 0.15) is 0 Å². The van der Waals surface area contributed by atoms with Crippen molar-refractivity contribution in [2.24, 2.45) is 23.7 Å². The Morgan fingerprint density at radius 3 is 2.62 bits per heavy atom. The first-order valence-corrected chi connectivity index (χ1v) is 10.4. The van der Waals surface area contributed by atoms with Crippen LogP contribution in [0.15, 0.2) is 0 Å². The molecule has 4 aliphatic rings. The monoisotopic (exact) mass is 309 g/mol. The van der Waals surface area contributed by atoms with Gasteiger partial charge in [-0.2, -0.15) is 11.8 Å². The van der Waals surface area contributed by atoms with Crippen molar-refractivity contribution in [3.63, 3.8) is 0 Å². The Balaban J connectivity index is 1.44. The zero-order chi connectivity index (χ0) is 14.3. The Morgan fingerprint density at radius 1 is 1.14 bits per heavy atom. The second kappa shape index (κ2) is 6.05. The van der Waals surface area contributed by atoms with Crippen LogP contribution in [0.4, 0.5) is 0 Å². The highest BCUT2D eigenvalue weighted by Crippen LogP contribution is 2.56. The van der Waals surface area contributed by atoms with E-state index in [-0.39, 0.29) is 5.60 Å². The van der Waals surface area contributed by atoms with Crippen LogP contribution in [0.5, 0.6) is 0 Å². The van der Waals surface area contributed by atoms with Crippen LogP contribution in [0, 0.1) is 23.7 Å². The van der Waals surface area contributed by atoms with Gasteiger partial charge < -0.3 is 10.1 Å². The van der Waals surface area contributed by atoms with Gasteiger partial charge in [0.15, 0.2) is 0 Å². The van der Waals surface area contributed by atoms with Crippen LogP contribution in [-0.2, 0) is 4.74 Å². The van der Waals surface area contributed by atoms with Gasteiger partial charge in [0.2, 0.25) is 0 Å². The number of ether oxygens (including phenoxy) is 1. The molecule has 0 aromatic heterocycles. The Bertz CT molecular complexity index is 353. The SMILES string of the molecule is CCNC(C1CC2CC2C1)C1CCOC2(CCSCC2)C1. The molecule has 2 saturated carbocycles. The fourth-order valence-electron chi connectivity index (χ4n) is 5.47. The summed E-state index contributed by atoms with van der Waals surface area (Å²) in [7, 11) is 0. The topological polar surface area (TPSA) is 21.3 Å². The van der Waals surface area contributed by atoms with Crippen LogP contribution in [-0.4, -0.2) is 36.3 Å². The third-order valence-electron chi connectivity index (χ3n) is 6.67. The third kappa shape index (κ3) is 3.03. The fraction of sp³-hybridized carbons (Fsp3) is 1.00. The molecule has 2 aliphatic heterocycles. The minimum absolute atomic E-state index is 0.253. The van der Waals surface area contributed by atoms with E-state index >= 15 is 0 Å². The first-order chi connectivity index (χ1) is 10.3. The zero-order valence-electron chi connectivity index (χ0n) is 13.5. The van der Waals surface area contributed by atoms with Crippen LogP contribution in [0.3, 0.4) is 0 Å². The van der Waals surface area contributed by atoms with E-state index in [9.17, 15) is 0 Å². The number of thioether (sulfide) groups is 1. The molecule has 4 unspecified atom stereocenters. The van der Waals surface area contributed by atoms with Crippen LogP contribution in [0.1, 0.15) is 51.9 Å². The highest BCUT2D eigenvalue weighted by Gasteiger charge is 2.50. The lowest BCUT2D eigenvalue weighted by Gasteiger charge is -2.46. The highest BCUT2D eigenvalue weighted by atomic mass is 32.2. The number of fused-ring (bicyclic) bond motifs is 1. The number of hydrogen-bond donors (Lipinski definition) is 1. The van der Waals surface area contributed by atoms with Crippen molar-refractivity contribution in [1.29, 1.82) is 0 Å². The molecule has 3 heteroatoms. The average Bonchev–Trinajstić information content (AvgIpc) is 3.12. The summed E-state index contributed by atoms with van der Waals surface area (Å²) in [6.45, 7) is 4.43. The molecule has 2 saturated heterocycles. The third-order valence-corrected chi connectivity index (χ3v) is 7.66. The first-order valence-electron chi connectivity index (χ1n) is 9.25. The summed E-state index contributed by atoms with van der Waals surface area (Å²) in [5, 5.41) is 3.90.